The molecule has 0 fully saturated rings. The number of rotatable bonds is 3. The smallest absolute Gasteiger partial charge is 0.231 e. The topological polar surface area (TPSA) is 56.3 Å². The summed E-state index contributed by atoms with van der Waals surface area (Å²) in [5, 5.41) is 3.63. The molecule has 6 heteroatoms. The predicted octanol–water partition coefficient (Wildman–Crippen LogP) is 2.47. The highest BCUT2D eigenvalue weighted by atomic mass is 35.5. The summed E-state index contributed by atoms with van der Waals surface area (Å²) in [6, 6.07) is 5.77. The lowest BCUT2D eigenvalue weighted by Gasteiger charge is -2.08. The largest absolute Gasteiger partial charge is 0.454 e. The molecule has 0 radical (unpaired) electrons. The molecule has 18 heavy (non-hydrogen) atoms. The maximum absolute atomic E-state index is 5.96. The fourth-order valence-electron chi connectivity index (χ4n) is 1.75. The Kier molecular flexibility index (Phi) is 2.90. The second-order valence-corrected chi connectivity index (χ2v) is 4.13. The van der Waals surface area contributed by atoms with E-state index in [0.717, 1.165) is 17.1 Å². The van der Waals surface area contributed by atoms with Gasteiger partial charge in [0.25, 0.3) is 0 Å². The summed E-state index contributed by atoms with van der Waals surface area (Å²) in [4.78, 5) is 7.89. The Bertz CT molecular complexity index is 577. The van der Waals surface area contributed by atoms with Gasteiger partial charge in [-0.3, -0.25) is 0 Å². The molecule has 1 aliphatic heterocycles. The zero-order chi connectivity index (χ0) is 12.4. The fraction of sp³-hybridized carbons (Fsp3) is 0.167. The van der Waals surface area contributed by atoms with Gasteiger partial charge < -0.3 is 14.8 Å². The van der Waals surface area contributed by atoms with Crippen molar-refractivity contribution >= 4 is 17.4 Å². The van der Waals surface area contributed by atoms with Crippen LogP contribution < -0.4 is 14.8 Å². The molecule has 0 spiro atoms. The van der Waals surface area contributed by atoms with Gasteiger partial charge in [0, 0.05) is 12.1 Å². The lowest BCUT2D eigenvalue weighted by Crippen LogP contribution is -2.03. The predicted molar refractivity (Wildman–Crippen MR) is 66.9 cm³/mol. The Labute approximate surface area is 109 Å². The number of hydrogen-bond acceptors (Lipinski definition) is 5. The zero-order valence-corrected chi connectivity index (χ0v) is 10.1. The second kappa shape index (κ2) is 4.70. The monoisotopic (exact) mass is 263 g/mol. The van der Waals surface area contributed by atoms with Gasteiger partial charge in [-0.1, -0.05) is 23.7 Å². The van der Waals surface area contributed by atoms with Crippen molar-refractivity contribution in [1.29, 1.82) is 0 Å². The minimum absolute atomic E-state index is 0.264. The van der Waals surface area contributed by atoms with E-state index in [0.29, 0.717) is 17.4 Å². The van der Waals surface area contributed by atoms with Crippen molar-refractivity contribution in [1.82, 2.24) is 9.97 Å². The second-order valence-electron chi connectivity index (χ2n) is 3.72. The third kappa shape index (κ3) is 2.04. The zero-order valence-electron chi connectivity index (χ0n) is 9.39. The van der Waals surface area contributed by atoms with E-state index in [2.05, 4.69) is 15.3 Å². The van der Waals surface area contributed by atoms with Crippen LogP contribution in [0, 0.1) is 0 Å². The van der Waals surface area contributed by atoms with Crippen molar-refractivity contribution in [2.24, 2.45) is 0 Å². The number of para-hydroxylation sites is 1. The van der Waals surface area contributed by atoms with Crippen molar-refractivity contribution < 1.29 is 9.47 Å². The van der Waals surface area contributed by atoms with Crippen molar-refractivity contribution in [3.63, 3.8) is 0 Å². The van der Waals surface area contributed by atoms with Gasteiger partial charge in [-0.25, -0.2) is 9.97 Å². The third-order valence-electron chi connectivity index (χ3n) is 2.59. The average molecular weight is 264 g/mol. The maximum Gasteiger partial charge on any atom is 0.231 e. The number of fused-ring (bicyclic) bond motifs is 1. The maximum atomic E-state index is 5.96. The molecule has 0 unspecified atom stereocenters. The standard InChI is InChI=1S/C12H10ClN3O2/c13-9-5-14-6-16-12(9)15-4-8-2-1-3-10-11(8)18-7-17-10/h1-3,5-6H,4,7H2,(H,14,15,16). The summed E-state index contributed by atoms with van der Waals surface area (Å²) in [6.07, 6.45) is 3.00. The fourth-order valence-corrected chi connectivity index (χ4v) is 1.92. The summed E-state index contributed by atoms with van der Waals surface area (Å²) in [5.41, 5.74) is 1.000. The molecule has 1 aromatic heterocycles. The van der Waals surface area contributed by atoms with Crippen LogP contribution in [-0.4, -0.2) is 16.8 Å². The molecule has 1 aromatic carbocycles. The van der Waals surface area contributed by atoms with Crippen LogP contribution in [0.5, 0.6) is 11.5 Å². The molecular weight excluding hydrogens is 254 g/mol. The van der Waals surface area contributed by atoms with E-state index in [1.807, 2.05) is 18.2 Å². The normalized spacial score (nSPS) is 12.5. The van der Waals surface area contributed by atoms with E-state index < -0.39 is 0 Å². The van der Waals surface area contributed by atoms with Crippen LogP contribution in [-0.2, 0) is 6.54 Å². The van der Waals surface area contributed by atoms with Crippen LogP contribution in [0.3, 0.4) is 0 Å². The molecule has 1 N–H and O–H groups in total. The molecule has 0 saturated carbocycles. The molecular formula is C12H10ClN3O2. The Morgan fingerprint density at radius 2 is 2.28 bits per heavy atom. The van der Waals surface area contributed by atoms with Gasteiger partial charge in [-0.15, -0.1) is 0 Å². The van der Waals surface area contributed by atoms with Crippen molar-refractivity contribution in [2.75, 3.05) is 12.1 Å². The van der Waals surface area contributed by atoms with Crippen LogP contribution in [0.4, 0.5) is 5.82 Å². The van der Waals surface area contributed by atoms with Gasteiger partial charge in [-0.05, 0) is 6.07 Å². The van der Waals surface area contributed by atoms with E-state index in [4.69, 9.17) is 21.1 Å². The molecule has 3 rings (SSSR count). The number of hydrogen-bond donors (Lipinski definition) is 1. The number of nitrogens with zero attached hydrogens (tertiary/aromatic N) is 2. The Morgan fingerprint density at radius 1 is 1.33 bits per heavy atom. The average Bonchev–Trinajstić information content (AvgIpc) is 2.86. The van der Waals surface area contributed by atoms with Crippen LogP contribution in [0.2, 0.25) is 5.02 Å². The Hall–Kier alpha value is -2.01. The SMILES string of the molecule is Clc1cncnc1NCc1cccc2c1OCO2. The number of benzene rings is 1. The highest BCUT2D eigenvalue weighted by molar-refractivity contribution is 6.32. The number of anilines is 1. The molecule has 1 aliphatic rings. The molecule has 2 aromatic rings. The van der Waals surface area contributed by atoms with E-state index in [-0.39, 0.29) is 6.79 Å². The van der Waals surface area contributed by atoms with E-state index >= 15 is 0 Å². The van der Waals surface area contributed by atoms with Gasteiger partial charge in [0.1, 0.15) is 17.2 Å². The molecule has 92 valence electrons. The molecule has 0 saturated heterocycles. The van der Waals surface area contributed by atoms with Gasteiger partial charge in [0.05, 0.1) is 6.20 Å². The van der Waals surface area contributed by atoms with Gasteiger partial charge >= 0.3 is 0 Å². The lowest BCUT2D eigenvalue weighted by atomic mass is 10.2. The first-order chi connectivity index (χ1) is 8.84. The van der Waals surface area contributed by atoms with E-state index in [1.54, 1.807) is 6.20 Å². The molecule has 0 bridgehead atoms. The molecule has 5 nitrogen and oxygen atoms in total. The summed E-state index contributed by atoms with van der Waals surface area (Å²) < 4.78 is 10.7. The minimum atomic E-state index is 0.264. The number of ether oxygens (including phenoxy) is 2. The number of nitrogens with one attached hydrogen (secondary N) is 1. The van der Waals surface area contributed by atoms with Gasteiger partial charge in [0.2, 0.25) is 6.79 Å². The lowest BCUT2D eigenvalue weighted by molar-refractivity contribution is 0.173. The molecule has 0 atom stereocenters. The van der Waals surface area contributed by atoms with Crippen LogP contribution >= 0.6 is 11.6 Å². The van der Waals surface area contributed by atoms with Crippen LogP contribution in [0.15, 0.2) is 30.7 Å². The third-order valence-corrected chi connectivity index (χ3v) is 2.87. The summed E-state index contributed by atoms with van der Waals surface area (Å²) >= 11 is 5.96. The van der Waals surface area contributed by atoms with Gasteiger partial charge in [0.15, 0.2) is 11.5 Å². The molecule has 0 aliphatic carbocycles. The first-order valence-electron chi connectivity index (χ1n) is 5.41. The van der Waals surface area contributed by atoms with Crippen molar-refractivity contribution in [3.8, 4) is 11.5 Å². The molecule has 2 heterocycles. The van der Waals surface area contributed by atoms with Crippen LogP contribution in [0.1, 0.15) is 5.56 Å². The Morgan fingerprint density at radius 3 is 3.17 bits per heavy atom. The quantitative estimate of drug-likeness (QED) is 0.922. The van der Waals surface area contributed by atoms with Crippen molar-refractivity contribution in [3.05, 3.63) is 41.3 Å². The summed E-state index contributed by atoms with van der Waals surface area (Å²) in [7, 11) is 0. The summed E-state index contributed by atoms with van der Waals surface area (Å²) in [5.74, 6) is 2.14. The van der Waals surface area contributed by atoms with Crippen LogP contribution in [0.25, 0.3) is 0 Å². The highest BCUT2D eigenvalue weighted by Crippen LogP contribution is 2.35. The van der Waals surface area contributed by atoms with Gasteiger partial charge in [-0.2, -0.15) is 0 Å². The summed E-state index contributed by atoms with van der Waals surface area (Å²) in [6.45, 7) is 0.823. The van der Waals surface area contributed by atoms with E-state index in [1.165, 1.54) is 6.33 Å². The number of aromatic nitrogens is 2. The van der Waals surface area contributed by atoms with Crippen molar-refractivity contribution in [2.45, 2.75) is 6.54 Å². The minimum Gasteiger partial charge on any atom is -0.454 e. The first kappa shape index (κ1) is 11.1. The number of halogens is 1. The Balaban J connectivity index is 1.78. The highest BCUT2D eigenvalue weighted by Gasteiger charge is 2.17. The first-order valence-corrected chi connectivity index (χ1v) is 5.79. The molecule has 0 amide bonds. The van der Waals surface area contributed by atoms with E-state index in [9.17, 15) is 0 Å².